The Morgan fingerprint density at radius 2 is 0.556 bits per heavy atom. The highest BCUT2D eigenvalue weighted by molar-refractivity contribution is 7.45. The number of esters is 2. The highest BCUT2D eigenvalue weighted by Gasteiger charge is 2.22. The van der Waals surface area contributed by atoms with Gasteiger partial charge in [-0.3, -0.25) is 14.2 Å². The van der Waals surface area contributed by atoms with Gasteiger partial charge in [0.15, 0.2) is 6.10 Å². The largest absolute Gasteiger partial charge is 0.756 e. The summed E-state index contributed by atoms with van der Waals surface area (Å²) in [6.07, 6.45) is 76.4. The maximum atomic E-state index is 12.9. The van der Waals surface area contributed by atoms with Gasteiger partial charge in [-0.15, -0.1) is 0 Å². The third-order valence-corrected chi connectivity index (χ3v) is 17.8. The van der Waals surface area contributed by atoms with Crippen molar-refractivity contribution in [2.75, 3.05) is 47.5 Å². The Morgan fingerprint density at radius 3 is 0.790 bits per heavy atom. The van der Waals surface area contributed by atoms with Crippen LogP contribution in [0.1, 0.15) is 393 Å². The molecule has 0 aromatic rings. The summed E-state index contributed by atoms with van der Waals surface area (Å²) in [6, 6.07) is 0. The SMILES string of the molecule is CCCCCCCCCCCCCCCCCCCCCCCCCCCCCCCCCCCCCCC(=O)OC(COC(=O)CCCCCCCCCCCCCCCCCCCCCCC)COP(=O)([O-])OCC[N+](C)(C)C. The molecule has 2 unspecified atom stereocenters. The predicted molar refractivity (Wildman–Crippen MR) is 347 cm³/mol. The molecule has 0 aliphatic carbocycles. The summed E-state index contributed by atoms with van der Waals surface area (Å²) in [5.41, 5.74) is 0. The van der Waals surface area contributed by atoms with E-state index < -0.39 is 26.5 Å². The van der Waals surface area contributed by atoms with E-state index in [0.29, 0.717) is 17.4 Å². The van der Waals surface area contributed by atoms with Crippen LogP contribution in [0.25, 0.3) is 0 Å². The van der Waals surface area contributed by atoms with Gasteiger partial charge in [0.25, 0.3) is 7.82 Å². The van der Waals surface area contributed by atoms with E-state index in [-0.39, 0.29) is 32.0 Å². The molecule has 0 heterocycles. The maximum absolute atomic E-state index is 12.9. The molecule has 0 aliphatic rings. The van der Waals surface area contributed by atoms with Gasteiger partial charge in [-0.05, 0) is 12.8 Å². The Balaban J connectivity index is 3.90. The van der Waals surface area contributed by atoms with Gasteiger partial charge in [0.1, 0.15) is 19.8 Å². The van der Waals surface area contributed by atoms with Crippen molar-refractivity contribution < 1.29 is 42.1 Å². The fourth-order valence-corrected chi connectivity index (χ4v) is 12.0. The molecule has 0 aromatic heterocycles. The molecule has 0 rings (SSSR count). The summed E-state index contributed by atoms with van der Waals surface area (Å²) in [4.78, 5) is 38.0. The predicted octanol–water partition coefficient (Wildman–Crippen LogP) is 22.7. The zero-order valence-corrected chi connectivity index (χ0v) is 56.2. The van der Waals surface area contributed by atoms with Gasteiger partial charge in [-0.2, -0.15) is 0 Å². The minimum Gasteiger partial charge on any atom is -0.756 e. The molecule has 10 heteroatoms. The summed E-state index contributed by atoms with van der Waals surface area (Å²) in [7, 11) is 1.20. The van der Waals surface area contributed by atoms with Crippen molar-refractivity contribution in [2.24, 2.45) is 0 Å². The Morgan fingerprint density at radius 1 is 0.333 bits per heavy atom. The second kappa shape index (κ2) is 63.5. The number of phosphoric acid groups is 1. The molecule has 0 saturated carbocycles. The lowest BCUT2D eigenvalue weighted by Crippen LogP contribution is -2.37. The van der Waals surface area contributed by atoms with Crippen molar-refractivity contribution in [1.29, 1.82) is 0 Å². The van der Waals surface area contributed by atoms with Gasteiger partial charge in [-0.1, -0.05) is 367 Å². The Bertz CT molecular complexity index is 1330. The second-order valence-electron chi connectivity index (χ2n) is 26.3. The van der Waals surface area contributed by atoms with Crippen LogP contribution in [0.4, 0.5) is 0 Å². The van der Waals surface area contributed by atoms with Crippen LogP contribution >= 0.6 is 7.82 Å². The van der Waals surface area contributed by atoms with Crippen LogP contribution in [-0.2, 0) is 32.7 Å². The standard InChI is InChI=1S/C71H142NO8P/c1-6-8-10-12-14-16-18-20-22-24-26-28-29-30-31-32-33-34-35-36-37-38-39-40-41-42-44-46-48-50-52-54-56-58-60-62-64-71(74)80-69(68-79-81(75,76)78-66-65-72(3,4)5)67-77-70(73)63-61-59-57-55-53-51-49-47-45-43-27-25-23-21-19-17-15-13-11-9-7-2/h69H,6-68H2,1-5H3. The van der Waals surface area contributed by atoms with Crippen LogP contribution in [-0.4, -0.2) is 70.0 Å². The van der Waals surface area contributed by atoms with E-state index in [1.54, 1.807) is 0 Å². The van der Waals surface area contributed by atoms with E-state index in [1.165, 1.54) is 327 Å². The summed E-state index contributed by atoms with van der Waals surface area (Å²) in [5.74, 6) is -0.804. The molecule has 0 saturated heterocycles. The number of hydrogen-bond acceptors (Lipinski definition) is 8. The van der Waals surface area contributed by atoms with Crippen LogP contribution in [0.2, 0.25) is 0 Å². The van der Waals surface area contributed by atoms with Crippen molar-refractivity contribution in [2.45, 2.75) is 399 Å². The van der Waals surface area contributed by atoms with Crippen molar-refractivity contribution in [3.8, 4) is 0 Å². The Labute approximate surface area is 505 Å². The molecule has 0 amide bonds. The van der Waals surface area contributed by atoms with Crippen molar-refractivity contribution in [1.82, 2.24) is 0 Å². The highest BCUT2D eigenvalue weighted by Crippen LogP contribution is 2.38. The van der Waals surface area contributed by atoms with Crippen molar-refractivity contribution in [3.63, 3.8) is 0 Å². The molecule has 0 aliphatic heterocycles. The van der Waals surface area contributed by atoms with Gasteiger partial charge >= 0.3 is 11.9 Å². The normalized spacial score (nSPS) is 13.0. The molecule has 0 N–H and O–H groups in total. The number of likely N-dealkylation sites (N-methyl/N-ethyl adjacent to an activating group) is 1. The summed E-state index contributed by atoms with van der Waals surface area (Å²) in [6.45, 7) is 4.34. The van der Waals surface area contributed by atoms with Crippen molar-refractivity contribution >= 4 is 19.8 Å². The molecule has 0 aromatic carbocycles. The first-order chi connectivity index (χ1) is 39.5. The molecule has 484 valence electrons. The van der Waals surface area contributed by atoms with Gasteiger partial charge in [-0.25, -0.2) is 0 Å². The van der Waals surface area contributed by atoms with E-state index in [4.69, 9.17) is 18.5 Å². The number of carbonyl (C=O) groups is 2. The van der Waals surface area contributed by atoms with E-state index in [9.17, 15) is 19.0 Å². The minimum absolute atomic E-state index is 0.0248. The smallest absolute Gasteiger partial charge is 0.306 e. The zero-order valence-electron chi connectivity index (χ0n) is 55.3. The van der Waals surface area contributed by atoms with Crippen LogP contribution in [0.3, 0.4) is 0 Å². The maximum Gasteiger partial charge on any atom is 0.306 e. The van der Waals surface area contributed by atoms with Crippen molar-refractivity contribution in [3.05, 3.63) is 0 Å². The van der Waals surface area contributed by atoms with Crippen LogP contribution in [0.5, 0.6) is 0 Å². The monoisotopic (exact) mass is 1170 g/mol. The molecule has 0 spiro atoms. The molecule has 2 atom stereocenters. The summed E-state index contributed by atoms with van der Waals surface area (Å²) in [5, 5.41) is 0. The molecular weight excluding hydrogens is 1030 g/mol. The Hall–Kier alpha value is -0.990. The summed E-state index contributed by atoms with van der Waals surface area (Å²) >= 11 is 0. The third-order valence-electron chi connectivity index (χ3n) is 16.9. The van der Waals surface area contributed by atoms with Crippen LogP contribution in [0.15, 0.2) is 0 Å². The van der Waals surface area contributed by atoms with Crippen LogP contribution in [0, 0.1) is 0 Å². The minimum atomic E-state index is -4.63. The van der Waals surface area contributed by atoms with E-state index in [1.807, 2.05) is 21.1 Å². The number of phosphoric ester groups is 1. The first-order valence-electron chi connectivity index (χ1n) is 36.2. The number of hydrogen-bond donors (Lipinski definition) is 0. The zero-order chi connectivity index (χ0) is 59.1. The molecule has 9 nitrogen and oxygen atoms in total. The number of rotatable bonds is 69. The average Bonchev–Trinajstić information content (AvgIpc) is 3.43. The topological polar surface area (TPSA) is 111 Å². The van der Waals surface area contributed by atoms with Crippen LogP contribution < -0.4 is 4.89 Å². The molecule has 0 bridgehead atoms. The Kier molecular flexibility index (Phi) is 62.7. The molecule has 81 heavy (non-hydrogen) atoms. The number of unbranched alkanes of at least 4 members (excludes halogenated alkanes) is 55. The lowest BCUT2D eigenvalue weighted by atomic mass is 10.0. The number of quaternary nitrogens is 1. The molecule has 0 radical (unpaired) electrons. The lowest BCUT2D eigenvalue weighted by Gasteiger charge is -2.28. The average molecular weight is 1170 g/mol. The van der Waals surface area contributed by atoms with Gasteiger partial charge in [0.05, 0.1) is 27.7 Å². The third kappa shape index (κ3) is 68.0. The van der Waals surface area contributed by atoms with Gasteiger partial charge in [0, 0.05) is 12.8 Å². The fourth-order valence-electron chi connectivity index (χ4n) is 11.3. The number of carbonyl (C=O) groups excluding carboxylic acids is 2. The number of nitrogens with zero attached hydrogens (tertiary/aromatic N) is 1. The van der Waals surface area contributed by atoms with Gasteiger partial charge in [0.2, 0.25) is 0 Å². The lowest BCUT2D eigenvalue weighted by molar-refractivity contribution is -0.870. The van der Waals surface area contributed by atoms with E-state index >= 15 is 0 Å². The second-order valence-corrected chi connectivity index (χ2v) is 27.7. The number of ether oxygens (including phenoxy) is 2. The van der Waals surface area contributed by atoms with E-state index in [0.717, 1.165) is 32.1 Å². The molecular formula is C71H142NO8P. The fraction of sp³-hybridized carbons (Fsp3) is 0.972. The quantitative estimate of drug-likeness (QED) is 0.0256. The van der Waals surface area contributed by atoms with Gasteiger partial charge < -0.3 is 27.9 Å². The summed E-state index contributed by atoms with van der Waals surface area (Å²) < 4.78 is 34.3. The first kappa shape index (κ1) is 80.0. The van der Waals surface area contributed by atoms with E-state index in [2.05, 4.69) is 13.8 Å². The molecule has 0 fully saturated rings. The highest BCUT2D eigenvalue weighted by atomic mass is 31.2. The first-order valence-corrected chi connectivity index (χ1v) is 37.7.